The fraction of sp³-hybridized carbons (Fsp3) is 0.778. The van der Waals surface area contributed by atoms with Gasteiger partial charge in [-0.2, -0.15) is 5.26 Å². The molecule has 0 fully saturated rings. The fourth-order valence-corrected chi connectivity index (χ4v) is 0.575. The number of Topliss-reactive ketones (excluding diaryl/α,β-unsaturated/α-hetero) is 1. The van der Waals surface area contributed by atoms with Gasteiger partial charge in [0, 0.05) is 12.8 Å². The van der Waals surface area contributed by atoms with Gasteiger partial charge in [-0.1, -0.05) is 20.8 Å². The molecule has 0 N–H and O–H groups in total. The molecule has 0 aliphatic heterocycles. The zero-order valence-electron chi connectivity index (χ0n) is 7.85. The summed E-state index contributed by atoms with van der Waals surface area (Å²) in [6, 6.07) is 1.93. The van der Waals surface area contributed by atoms with Crippen molar-refractivity contribution in [3.8, 4) is 6.07 Å². The van der Waals surface area contributed by atoms with E-state index in [9.17, 15) is 4.79 Å². The van der Waals surface area contributed by atoms with Crippen molar-refractivity contribution in [3.63, 3.8) is 0 Å². The van der Waals surface area contributed by atoms with Gasteiger partial charge in [-0.3, -0.25) is 0 Å². The van der Waals surface area contributed by atoms with Gasteiger partial charge in [0.1, 0.15) is 5.78 Å². The van der Waals surface area contributed by atoms with Crippen molar-refractivity contribution >= 4 is 5.78 Å². The highest BCUT2D eigenvalue weighted by molar-refractivity contribution is 5.75. The summed E-state index contributed by atoms with van der Waals surface area (Å²) in [5, 5.41) is 7.62. The molecule has 0 aromatic rings. The molecular formula is C9H17NO. The Balaban J connectivity index is 0. The molecule has 0 saturated heterocycles. The molecule has 0 saturated carbocycles. The van der Waals surface area contributed by atoms with E-state index in [1.807, 2.05) is 26.8 Å². The number of rotatable bonds is 2. The SMILES string of the molecule is CC(=O)CC(C)C.CCC#N. The van der Waals surface area contributed by atoms with Crippen molar-refractivity contribution in [2.75, 3.05) is 0 Å². The maximum Gasteiger partial charge on any atom is 0.130 e. The number of nitriles is 1. The molecule has 2 heteroatoms. The van der Waals surface area contributed by atoms with Crippen LogP contribution in [0.15, 0.2) is 0 Å². The zero-order chi connectivity index (χ0) is 9.28. The van der Waals surface area contributed by atoms with Crippen LogP contribution in [0.2, 0.25) is 0 Å². The zero-order valence-corrected chi connectivity index (χ0v) is 7.85. The summed E-state index contributed by atoms with van der Waals surface area (Å²) in [5.41, 5.74) is 0. The van der Waals surface area contributed by atoms with Crippen molar-refractivity contribution < 1.29 is 4.79 Å². The topological polar surface area (TPSA) is 40.9 Å². The van der Waals surface area contributed by atoms with E-state index in [2.05, 4.69) is 0 Å². The lowest BCUT2D eigenvalue weighted by Crippen LogP contribution is -1.95. The number of ketones is 1. The minimum Gasteiger partial charge on any atom is -0.300 e. The Morgan fingerprint density at radius 2 is 1.91 bits per heavy atom. The first-order chi connectivity index (χ1) is 5.04. The van der Waals surface area contributed by atoms with Gasteiger partial charge in [0.05, 0.1) is 6.07 Å². The molecule has 0 unspecified atom stereocenters. The lowest BCUT2D eigenvalue weighted by molar-refractivity contribution is -0.117. The van der Waals surface area contributed by atoms with Crippen molar-refractivity contribution in [1.29, 1.82) is 5.26 Å². The van der Waals surface area contributed by atoms with Crippen LogP contribution in [-0.4, -0.2) is 5.78 Å². The van der Waals surface area contributed by atoms with Gasteiger partial charge in [-0.05, 0) is 12.8 Å². The predicted molar refractivity (Wildman–Crippen MR) is 46.0 cm³/mol. The normalized spacial score (nSPS) is 8.00. The lowest BCUT2D eigenvalue weighted by atomic mass is 10.1. The molecule has 0 radical (unpaired) electrons. The van der Waals surface area contributed by atoms with Crippen LogP contribution < -0.4 is 0 Å². The number of carbonyl (C=O) groups excluding carboxylic acids is 1. The van der Waals surface area contributed by atoms with E-state index in [-0.39, 0.29) is 5.78 Å². The average molecular weight is 155 g/mol. The maximum absolute atomic E-state index is 10.3. The third kappa shape index (κ3) is 27.1. The molecule has 64 valence electrons. The molecule has 0 aromatic carbocycles. The average Bonchev–Trinajstić information content (AvgIpc) is 1.85. The molecule has 0 aromatic heterocycles. The molecule has 0 bridgehead atoms. The standard InChI is InChI=1S/C6H12O.C3H5N/c1-5(2)4-6(3)7;1-2-3-4/h5H,4H2,1-3H3;2H2,1H3. The summed E-state index contributed by atoms with van der Waals surface area (Å²) in [5.74, 6) is 0.813. The highest BCUT2D eigenvalue weighted by atomic mass is 16.1. The molecule has 0 spiro atoms. The third-order valence-electron chi connectivity index (χ3n) is 0.854. The summed E-state index contributed by atoms with van der Waals surface area (Å²) >= 11 is 0. The summed E-state index contributed by atoms with van der Waals surface area (Å²) in [6.45, 7) is 7.53. The van der Waals surface area contributed by atoms with Crippen LogP contribution in [0, 0.1) is 17.2 Å². The highest BCUT2D eigenvalue weighted by Gasteiger charge is 1.95. The molecular weight excluding hydrogens is 138 g/mol. The Labute approximate surface area is 69.2 Å². The summed E-state index contributed by atoms with van der Waals surface area (Å²) in [4.78, 5) is 10.3. The van der Waals surface area contributed by atoms with E-state index in [1.165, 1.54) is 0 Å². The van der Waals surface area contributed by atoms with Crippen LogP contribution in [-0.2, 0) is 4.79 Å². The largest absolute Gasteiger partial charge is 0.300 e. The second-order valence-corrected chi connectivity index (χ2v) is 2.81. The van der Waals surface area contributed by atoms with Crippen molar-refractivity contribution in [2.24, 2.45) is 5.92 Å². The maximum atomic E-state index is 10.3. The van der Waals surface area contributed by atoms with Crippen LogP contribution in [0.1, 0.15) is 40.5 Å². The Morgan fingerprint density at radius 1 is 1.55 bits per heavy atom. The van der Waals surface area contributed by atoms with Gasteiger partial charge in [-0.15, -0.1) is 0 Å². The summed E-state index contributed by atoms with van der Waals surface area (Å²) < 4.78 is 0. The molecule has 0 atom stereocenters. The van der Waals surface area contributed by atoms with E-state index in [0.717, 1.165) is 6.42 Å². The number of hydrogen-bond donors (Lipinski definition) is 0. The number of hydrogen-bond acceptors (Lipinski definition) is 2. The Morgan fingerprint density at radius 3 is 1.91 bits per heavy atom. The van der Waals surface area contributed by atoms with Gasteiger partial charge in [-0.25, -0.2) is 0 Å². The molecule has 2 nitrogen and oxygen atoms in total. The van der Waals surface area contributed by atoms with Crippen LogP contribution in [0.25, 0.3) is 0 Å². The van der Waals surface area contributed by atoms with Crippen LogP contribution >= 0.6 is 0 Å². The van der Waals surface area contributed by atoms with E-state index in [0.29, 0.717) is 12.3 Å². The van der Waals surface area contributed by atoms with E-state index < -0.39 is 0 Å². The smallest absolute Gasteiger partial charge is 0.130 e. The number of carbonyl (C=O) groups is 1. The lowest BCUT2D eigenvalue weighted by Gasteiger charge is -1.95. The van der Waals surface area contributed by atoms with Gasteiger partial charge in [0.25, 0.3) is 0 Å². The van der Waals surface area contributed by atoms with Crippen LogP contribution in [0.3, 0.4) is 0 Å². The van der Waals surface area contributed by atoms with Gasteiger partial charge >= 0.3 is 0 Å². The molecule has 0 heterocycles. The van der Waals surface area contributed by atoms with Crippen LogP contribution in [0.5, 0.6) is 0 Å². The van der Waals surface area contributed by atoms with Gasteiger partial charge in [0.2, 0.25) is 0 Å². The van der Waals surface area contributed by atoms with Gasteiger partial charge < -0.3 is 4.79 Å². The third-order valence-corrected chi connectivity index (χ3v) is 0.854. The van der Waals surface area contributed by atoms with Crippen LogP contribution in [0.4, 0.5) is 0 Å². The summed E-state index contributed by atoms with van der Waals surface area (Å²) in [7, 11) is 0. The van der Waals surface area contributed by atoms with Crippen molar-refractivity contribution in [3.05, 3.63) is 0 Å². The predicted octanol–water partition coefficient (Wildman–Crippen LogP) is 2.54. The molecule has 0 rings (SSSR count). The second kappa shape index (κ2) is 9.16. The van der Waals surface area contributed by atoms with E-state index >= 15 is 0 Å². The van der Waals surface area contributed by atoms with Crippen molar-refractivity contribution in [2.45, 2.75) is 40.5 Å². The second-order valence-electron chi connectivity index (χ2n) is 2.81. The Bertz CT molecular complexity index is 133. The van der Waals surface area contributed by atoms with E-state index in [4.69, 9.17) is 5.26 Å². The monoisotopic (exact) mass is 155 g/mol. The number of nitrogens with zero attached hydrogens (tertiary/aromatic N) is 1. The van der Waals surface area contributed by atoms with E-state index in [1.54, 1.807) is 6.92 Å². The summed E-state index contributed by atoms with van der Waals surface area (Å²) in [6.07, 6.45) is 1.35. The molecule has 0 amide bonds. The van der Waals surface area contributed by atoms with Crippen molar-refractivity contribution in [1.82, 2.24) is 0 Å². The Kier molecular flexibility index (Phi) is 10.7. The fourth-order valence-electron chi connectivity index (χ4n) is 0.575. The molecule has 0 aliphatic rings. The Hall–Kier alpha value is -0.840. The highest BCUT2D eigenvalue weighted by Crippen LogP contribution is 1.97. The molecule has 0 aliphatic carbocycles. The quantitative estimate of drug-likeness (QED) is 0.614. The first kappa shape index (κ1) is 12.8. The first-order valence-corrected chi connectivity index (χ1v) is 3.90. The molecule has 11 heavy (non-hydrogen) atoms. The first-order valence-electron chi connectivity index (χ1n) is 3.90. The minimum atomic E-state index is 0.287. The minimum absolute atomic E-state index is 0.287. The van der Waals surface area contributed by atoms with Gasteiger partial charge in [0.15, 0.2) is 0 Å².